The van der Waals surface area contributed by atoms with Crippen LogP contribution in [0, 0.1) is 17.5 Å². The minimum Gasteiger partial charge on any atom is -0.472 e. The lowest BCUT2D eigenvalue weighted by molar-refractivity contribution is 0.282. The molecule has 1 unspecified atom stereocenters. The van der Waals surface area contributed by atoms with Crippen LogP contribution >= 0.6 is 0 Å². The van der Waals surface area contributed by atoms with E-state index in [9.17, 15) is 18.0 Å². The molecule has 8 heteroatoms. The molecule has 0 spiro atoms. The molecule has 1 aliphatic heterocycles. The van der Waals surface area contributed by atoms with Gasteiger partial charge in [0.25, 0.3) is 0 Å². The number of halogens is 3. The first-order chi connectivity index (χ1) is 12.1. The number of hydrogen-bond acceptors (Lipinski definition) is 4. The van der Waals surface area contributed by atoms with Crippen LogP contribution in [0.4, 0.5) is 19.0 Å². The number of anilines is 1. The first-order valence-corrected chi connectivity index (χ1v) is 7.29. The highest BCUT2D eigenvalue weighted by atomic mass is 19.2. The van der Waals surface area contributed by atoms with Crippen molar-refractivity contribution in [3.05, 3.63) is 51.7 Å². The van der Waals surface area contributed by atoms with Crippen LogP contribution < -0.4 is 15.3 Å². The predicted octanol–water partition coefficient (Wildman–Crippen LogP) is 2.47. The predicted molar refractivity (Wildman–Crippen MR) is 81.6 cm³/mol. The Balaban J connectivity index is 2.00. The quantitative estimate of drug-likeness (QED) is 0.805. The van der Waals surface area contributed by atoms with E-state index in [4.69, 9.17) is 7.48 Å². The second kappa shape index (κ2) is 6.18. The van der Waals surface area contributed by atoms with Crippen LogP contribution in [0.2, 0.25) is 0 Å². The highest BCUT2D eigenvalue weighted by Gasteiger charge is 2.22. The number of aromatic nitrogens is 2. The number of benzene rings is 1. The molecule has 0 N–H and O–H groups in total. The zero-order valence-electron chi connectivity index (χ0n) is 15.0. The van der Waals surface area contributed by atoms with Crippen molar-refractivity contribution in [2.45, 2.75) is 32.5 Å². The second-order valence-electron chi connectivity index (χ2n) is 5.59. The van der Waals surface area contributed by atoms with Crippen molar-refractivity contribution >= 4 is 5.82 Å². The van der Waals surface area contributed by atoms with Gasteiger partial charge in [-0.1, -0.05) is 0 Å². The van der Waals surface area contributed by atoms with Crippen LogP contribution in [-0.2, 0) is 13.1 Å². The molecular weight excluding hydrogens is 323 g/mol. The zero-order chi connectivity index (χ0) is 19.2. The Morgan fingerprint density at radius 2 is 2.00 bits per heavy atom. The summed E-state index contributed by atoms with van der Waals surface area (Å²) in [7, 11) is 1.77. The third kappa shape index (κ3) is 2.95. The van der Waals surface area contributed by atoms with Gasteiger partial charge in [0.1, 0.15) is 18.2 Å². The lowest BCUT2D eigenvalue weighted by Gasteiger charge is -2.34. The zero-order valence-corrected chi connectivity index (χ0v) is 13.0. The molecule has 1 aromatic heterocycles. The van der Waals surface area contributed by atoms with Gasteiger partial charge in [0.15, 0.2) is 11.6 Å². The van der Waals surface area contributed by atoms with E-state index < -0.39 is 35.3 Å². The summed E-state index contributed by atoms with van der Waals surface area (Å²) in [6.45, 7) is -0.446. The van der Waals surface area contributed by atoms with Crippen LogP contribution in [0.1, 0.15) is 21.6 Å². The maximum atomic E-state index is 13.9. The normalized spacial score (nSPS) is 18.7. The topological polar surface area (TPSA) is 47.4 Å². The van der Waals surface area contributed by atoms with Gasteiger partial charge in [-0.2, -0.15) is 4.98 Å². The highest BCUT2D eigenvalue weighted by molar-refractivity contribution is 5.43. The van der Waals surface area contributed by atoms with Crippen molar-refractivity contribution in [3.8, 4) is 5.88 Å². The van der Waals surface area contributed by atoms with Gasteiger partial charge in [-0.3, -0.25) is 4.57 Å². The summed E-state index contributed by atoms with van der Waals surface area (Å²) in [6, 6.07) is 2.11. The van der Waals surface area contributed by atoms with E-state index in [0.29, 0.717) is 18.4 Å². The molecule has 1 atom stereocenters. The van der Waals surface area contributed by atoms with Crippen LogP contribution in [0.15, 0.2) is 23.0 Å². The molecule has 0 amide bonds. The van der Waals surface area contributed by atoms with Crippen molar-refractivity contribution in [2.24, 2.45) is 0 Å². The highest BCUT2D eigenvalue weighted by Crippen LogP contribution is 2.24. The van der Waals surface area contributed by atoms with E-state index in [2.05, 4.69) is 4.98 Å². The molecule has 0 saturated carbocycles. The molecular formula is C16H16F3N3O2. The van der Waals surface area contributed by atoms with E-state index in [1.165, 1.54) is 10.6 Å². The molecule has 128 valence electrons. The monoisotopic (exact) mass is 341 g/mol. The molecule has 0 fully saturated rings. The molecule has 1 aromatic carbocycles. The summed E-state index contributed by atoms with van der Waals surface area (Å²) >= 11 is 0. The lowest BCUT2D eigenvalue weighted by Crippen LogP contribution is -2.41. The summed E-state index contributed by atoms with van der Waals surface area (Å²) in [5, 5.41) is 0. The molecule has 2 heterocycles. The van der Waals surface area contributed by atoms with E-state index in [-0.39, 0.29) is 18.0 Å². The average molecular weight is 341 g/mol. The molecule has 0 aliphatic carbocycles. The van der Waals surface area contributed by atoms with Gasteiger partial charge in [-0.25, -0.2) is 18.0 Å². The van der Waals surface area contributed by atoms with Crippen LogP contribution in [0.3, 0.4) is 0 Å². The van der Waals surface area contributed by atoms with Gasteiger partial charge < -0.3 is 9.64 Å². The van der Waals surface area contributed by atoms with Gasteiger partial charge in [0.05, 0.1) is 2.74 Å². The largest absolute Gasteiger partial charge is 0.472 e. The first-order valence-electron chi connectivity index (χ1n) is 8.29. The smallest absolute Gasteiger partial charge is 0.352 e. The van der Waals surface area contributed by atoms with Crippen molar-refractivity contribution in [1.82, 2.24) is 9.55 Å². The SMILES string of the molecule is [2H]C([2H])(Oc1cc2n(c(=O)n1)CCC(C)N2C)c1cc(F)c(F)cc1F. The number of ether oxygens (including phenoxy) is 1. The van der Waals surface area contributed by atoms with Crippen molar-refractivity contribution in [3.63, 3.8) is 0 Å². The molecule has 1 aliphatic rings. The number of nitrogens with zero attached hydrogens (tertiary/aromatic N) is 3. The van der Waals surface area contributed by atoms with E-state index in [1.807, 2.05) is 11.8 Å². The average Bonchev–Trinajstić information content (AvgIpc) is 2.54. The van der Waals surface area contributed by atoms with Crippen LogP contribution in [0.25, 0.3) is 0 Å². The lowest BCUT2D eigenvalue weighted by atomic mass is 10.1. The van der Waals surface area contributed by atoms with Crippen molar-refractivity contribution in [1.29, 1.82) is 0 Å². The summed E-state index contributed by atoms with van der Waals surface area (Å²) < 4.78 is 62.5. The fourth-order valence-corrected chi connectivity index (χ4v) is 2.47. The van der Waals surface area contributed by atoms with Gasteiger partial charge in [0, 0.05) is 37.3 Å². The van der Waals surface area contributed by atoms with Crippen LogP contribution in [0.5, 0.6) is 5.88 Å². The molecule has 5 nitrogen and oxygen atoms in total. The third-order valence-electron chi connectivity index (χ3n) is 4.03. The Hall–Kier alpha value is -2.51. The Bertz CT molecular complexity index is 920. The number of rotatable bonds is 3. The Morgan fingerprint density at radius 1 is 1.29 bits per heavy atom. The molecule has 2 aromatic rings. The van der Waals surface area contributed by atoms with Gasteiger partial charge in [0.2, 0.25) is 5.88 Å². The summed E-state index contributed by atoms with van der Waals surface area (Å²) in [6.07, 6.45) is 0.742. The maximum absolute atomic E-state index is 13.9. The fourth-order valence-electron chi connectivity index (χ4n) is 2.47. The summed E-state index contributed by atoms with van der Waals surface area (Å²) in [4.78, 5) is 17.6. The number of fused-ring (bicyclic) bond motifs is 1. The Morgan fingerprint density at radius 3 is 2.75 bits per heavy atom. The standard InChI is InChI=1S/C16H16F3N3O2/c1-9-3-4-22-15(21(9)2)7-14(20-16(22)23)24-8-10-5-12(18)13(19)6-11(10)17/h5-7,9H,3-4,8H2,1-2H3/i8D2. The van der Waals surface area contributed by atoms with E-state index in [1.54, 1.807) is 7.05 Å². The number of hydrogen-bond donors (Lipinski definition) is 0. The minimum atomic E-state index is -2.87. The molecule has 3 rings (SSSR count). The Labute approximate surface area is 139 Å². The van der Waals surface area contributed by atoms with Gasteiger partial charge in [-0.15, -0.1) is 0 Å². The van der Waals surface area contributed by atoms with E-state index >= 15 is 0 Å². The first kappa shape index (κ1) is 13.9. The van der Waals surface area contributed by atoms with Crippen LogP contribution in [-0.4, -0.2) is 22.6 Å². The summed E-state index contributed by atoms with van der Waals surface area (Å²) in [5.74, 6) is -4.07. The van der Waals surface area contributed by atoms with Crippen molar-refractivity contribution in [2.75, 3.05) is 11.9 Å². The summed E-state index contributed by atoms with van der Waals surface area (Å²) in [5.41, 5.74) is -1.48. The second-order valence-corrected chi connectivity index (χ2v) is 5.59. The fraction of sp³-hybridized carbons (Fsp3) is 0.375. The maximum Gasteiger partial charge on any atom is 0.352 e. The van der Waals surface area contributed by atoms with Crippen molar-refractivity contribution < 1.29 is 20.6 Å². The molecule has 24 heavy (non-hydrogen) atoms. The van der Waals surface area contributed by atoms with Gasteiger partial charge in [-0.05, 0) is 19.4 Å². The molecule has 0 saturated heterocycles. The van der Waals surface area contributed by atoms with Gasteiger partial charge >= 0.3 is 5.69 Å². The van der Waals surface area contributed by atoms with E-state index in [0.717, 1.165) is 6.42 Å². The minimum absolute atomic E-state index is 0.144. The Kier molecular flexibility index (Phi) is 3.58. The molecule has 0 bridgehead atoms. The molecule has 0 radical (unpaired) electrons. The third-order valence-corrected chi connectivity index (χ3v) is 4.03.